The van der Waals surface area contributed by atoms with E-state index in [1.807, 2.05) is 58.9 Å². The second-order valence-electron chi connectivity index (χ2n) is 6.60. The second-order valence-corrected chi connectivity index (χ2v) is 6.96. The third-order valence-electron chi connectivity index (χ3n) is 4.69. The summed E-state index contributed by atoms with van der Waals surface area (Å²) in [5, 5.41) is 12.7. The van der Waals surface area contributed by atoms with Crippen molar-refractivity contribution < 1.29 is 9.84 Å². The van der Waals surface area contributed by atoms with Crippen molar-refractivity contribution in [2.75, 3.05) is 37.5 Å². The van der Waals surface area contributed by atoms with Gasteiger partial charge in [-0.25, -0.2) is 15.0 Å². The van der Waals surface area contributed by atoms with Gasteiger partial charge in [0.2, 0.25) is 5.95 Å². The predicted molar refractivity (Wildman–Crippen MR) is 118 cm³/mol. The zero-order chi connectivity index (χ0) is 21.1. The number of likely N-dealkylation sites (N-methyl/N-ethyl adjacent to an activating group) is 1. The van der Waals surface area contributed by atoms with Crippen LogP contribution in [0.5, 0.6) is 5.75 Å². The third-order valence-corrected chi connectivity index (χ3v) is 4.96. The highest BCUT2D eigenvalue weighted by Gasteiger charge is 2.15. The Morgan fingerprint density at radius 2 is 2.07 bits per heavy atom. The Kier molecular flexibility index (Phi) is 5.69. The van der Waals surface area contributed by atoms with Gasteiger partial charge in [-0.1, -0.05) is 17.7 Å². The minimum atomic E-state index is 0.0747. The number of nitrogens with one attached hydrogen (secondary N) is 1. The fourth-order valence-electron chi connectivity index (χ4n) is 3.17. The topological polar surface area (TPSA) is 87.8 Å². The average Bonchev–Trinajstić information content (AvgIpc) is 3.10. The minimum absolute atomic E-state index is 0.0747. The number of pyridine rings is 1. The number of ether oxygens (including phenoxy) is 1. The number of methoxy groups -OCH3 is 1. The highest BCUT2D eigenvalue weighted by atomic mass is 35.5. The molecule has 0 fully saturated rings. The molecule has 154 valence electrons. The number of rotatable bonds is 7. The van der Waals surface area contributed by atoms with Crippen molar-refractivity contribution in [2.45, 2.75) is 0 Å². The molecule has 2 N–H and O–H groups in total. The molecule has 0 spiro atoms. The van der Waals surface area contributed by atoms with E-state index in [0.717, 1.165) is 17.0 Å². The standard InChI is InChI=1S/C21H21ClN6O2/c1-27(11-12-29)14-6-7-15(17(13-14)30-2)24-21-23-9-8-16(25-21)19-20(22)26-18-5-3-4-10-28(18)19/h3-10,13,29H,11-12H2,1-2H3,(H,23,24,25). The SMILES string of the molecule is COc1cc(N(C)CCO)ccc1Nc1nccc(-c2c(Cl)nc3ccccn23)n1. The molecule has 4 rings (SSSR count). The molecular formula is C21H21ClN6O2. The molecule has 0 amide bonds. The van der Waals surface area contributed by atoms with Gasteiger partial charge in [0, 0.05) is 37.7 Å². The molecule has 3 aromatic heterocycles. The van der Waals surface area contributed by atoms with Crippen LogP contribution < -0.4 is 15.0 Å². The molecule has 9 heteroatoms. The van der Waals surface area contributed by atoms with Gasteiger partial charge >= 0.3 is 0 Å². The Morgan fingerprint density at radius 3 is 2.87 bits per heavy atom. The highest BCUT2D eigenvalue weighted by molar-refractivity contribution is 6.32. The van der Waals surface area contributed by atoms with Gasteiger partial charge in [0.1, 0.15) is 17.1 Å². The van der Waals surface area contributed by atoms with E-state index in [2.05, 4.69) is 20.3 Å². The molecule has 8 nitrogen and oxygen atoms in total. The van der Waals surface area contributed by atoms with Crippen LogP contribution in [0.15, 0.2) is 54.9 Å². The molecule has 0 aliphatic carbocycles. The van der Waals surface area contributed by atoms with Gasteiger partial charge in [-0.2, -0.15) is 0 Å². The van der Waals surface area contributed by atoms with E-state index < -0.39 is 0 Å². The zero-order valence-corrected chi connectivity index (χ0v) is 17.3. The van der Waals surface area contributed by atoms with E-state index >= 15 is 0 Å². The Hall–Kier alpha value is -3.36. The van der Waals surface area contributed by atoms with Gasteiger partial charge < -0.3 is 20.1 Å². The lowest BCUT2D eigenvalue weighted by Gasteiger charge is -2.20. The number of aromatic nitrogens is 4. The highest BCUT2D eigenvalue weighted by Crippen LogP contribution is 2.32. The van der Waals surface area contributed by atoms with E-state index in [-0.39, 0.29) is 6.61 Å². The van der Waals surface area contributed by atoms with E-state index in [0.29, 0.717) is 34.8 Å². The smallest absolute Gasteiger partial charge is 0.227 e. The molecule has 0 unspecified atom stereocenters. The fourth-order valence-corrected chi connectivity index (χ4v) is 3.44. The molecule has 30 heavy (non-hydrogen) atoms. The summed E-state index contributed by atoms with van der Waals surface area (Å²) in [6, 6.07) is 13.2. The van der Waals surface area contributed by atoms with Crippen LogP contribution in [-0.2, 0) is 0 Å². The van der Waals surface area contributed by atoms with Gasteiger partial charge in [0.05, 0.1) is 25.1 Å². The Bertz CT molecular complexity index is 1180. The fraction of sp³-hybridized carbons (Fsp3) is 0.190. The van der Waals surface area contributed by atoms with E-state index in [1.165, 1.54) is 0 Å². The van der Waals surface area contributed by atoms with Crippen molar-refractivity contribution in [1.82, 2.24) is 19.4 Å². The van der Waals surface area contributed by atoms with Gasteiger partial charge in [0.15, 0.2) is 5.15 Å². The molecular weight excluding hydrogens is 404 g/mol. The van der Waals surface area contributed by atoms with Crippen LogP contribution in [0.3, 0.4) is 0 Å². The Balaban J connectivity index is 1.66. The maximum atomic E-state index is 9.15. The van der Waals surface area contributed by atoms with Crippen LogP contribution in [-0.4, -0.2) is 51.8 Å². The molecule has 4 aromatic rings. The summed E-state index contributed by atoms with van der Waals surface area (Å²) in [4.78, 5) is 15.3. The van der Waals surface area contributed by atoms with Crippen LogP contribution in [0.1, 0.15) is 0 Å². The maximum Gasteiger partial charge on any atom is 0.227 e. The van der Waals surface area contributed by atoms with E-state index in [9.17, 15) is 0 Å². The normalized spacial score (nSPS) is 10.9. The number of imidazole rings is 1. The van der Waals surface area contributed by atoms with Crippen LogP contribution in [0, 0.1) is 0 Å². The number of fused-ring (bicyclic) bond motifs is 1. The first-order valence-electron chi connectivity index (χ1n) is 9.33. The molecule has 0 atom stereocenters. The summed E-state index contributed by atoms with van der Waals surface area (Å²) in [6.45, 7) is 0.604. The van der Waals surface area contributed by atoms with Gasteiger partial charge in [-0.3, -0.25) is 4.40 Å². The van der Waals surface area contributed by atoms with Gasteiger partial charge in [-0.05, 0) is 30.3 Å². The first-order chi connectivity index (χ1) is 14.6. The summed E-state index contributed by atoms with van der Waals surface area (Å²) in [5.74, 6) is 1.04. The number of hydrogen-bond donors (Lipinski definition) is 2. The Morgan fingerprint density at radius 1 is 1.20 bits per heavy atom. The quantitative estimate of drug-likeness (QED) is 0.468. The van der Waals surface area contributed by atoms with Crippen LogP contribution in [0.25, 0.3) is 17.0 Å². The second kappa shape index (κ2) is 8.56. The third kappa shape index (κ3) is 3.87. The van der Waals surface area contributed by atoms with E-state index in [1.54, 1.807) is 19.4 Å². The van der Waals surface area contributed by atoms with Crippen LogP contribution in [0.4, 0.5) is 17.3 Å². The zero-order valence-electron chi connectivity index (χ0n) is 16.6. The number of aliphatic hydroxyl groups excluding tert-OH is 1. The van der Waals surface area contributed by atoms with Crippen molar-refractivity contribution in [3.8, 4) is 17.1 Å². The number of hydrogen-bond acceptors (Lipinski definition) is 7. The van der Waals surface area contributed by atoms with Gasteiger partial charge in [-0.15, -0.1) is 0 Å². The summed E-state index contributed by atoms with van der Waals surface area (Å²) in [5.41, 5.74) is 3.74. The summed E-state index contributed by atoms with van der Waals surface area (Å²) < 4.78 is 7.41. The number of nitrogens with zero attached hydrogens (tertiary/aromatic N) is 5. The maximum absolute atomic E-state index is 9.15. The number of aliphatic hydroxyl groups is 1. The van der Waals surface area contributed by atoms with Crippen molar-refractivity contribution >= 4 is 34.6 Å². The molecule has 0 aliphatic heterocycles. The molecule has 0 saturated carbocycles. The first-order valence-corrected chi connectivity index (χ1v) is 9.71. The number of benzene rings is 1. The predicted octanol–water partition coefficient (Wildman–Crippen LogP) is 3.63. The monoisotopic (exact) mass is 424 g/mol. The van der Waals surface area contributed by atoms with Crippen molar-refractivity contribution in [3.63, 3.8) is 0 Å². The molecule has 0 bridgehead atoms. The number of anilines is 3. The molecule has 3 heterocycles. The van der Waals surface area contributed by atoms with Gasteiger partial charge in [0.25, 0.3) is 0 Å². The lowest BCUT2D eigenvalue weighted by Crippen LogP contribution is -2.21. The lowest BCUT2D eigenvalue weighted by atomic mass is 10.2. The summed E-state index contributed by atoms with van der Waals surface area (Å²) in [7, 11) is 3.51. The minimum Gasteiger partial charge on any atom is -0.494 e. The summed E-state index contributed by atoms with van der Waals surface area (Å²) in [6.07, 6.45) is 3.56. The van der Waals surface area contributed by atoms with E-state index in [4.69, 9.17) is 21.4 Å². The lowest BCUT2D eigenvalue weighted by molar-refractivity contribution is 0.304. The molecule has 1 aromatic carbocycles. The molecule has 0 radical (unpaired) electrons. The number of halogens is 1. The van der Waals surface area contributed by atoms with Crippen LogP contribution >= 0.6 is 11.6 Å². The summed E-state index contributed by atoms with van der Waals surface area (Å²) >= 11 is 6.38. The Labute approximate surface area is 178 Å². The largest absolute Gasteiger partial charge is 0.494 e. The molecule has 0 saturated heterocycles. The van der Waals surface area contributed by atoms with Crippen molar-refractivity contribution in [1.29, 1.82) is 0 Å². The first kappa shape index (κ1) is 19.9. The van der Waals surface area contributed by atoms with Crippen molar-refractivity contribution in [2.24, 2.45) is 0 Å². The molecule has 0 aliphatic rings. The average molecular weight is 425 g/mol. The van der Waals surface area contributed by atoms with Crippen molar-refractivity contribution in [3.05, 3.63) is 60.0 Å². The van der Waals surface area contributed by atoms with Crippen LogP contribution in [0.2, 0.25) is 5.15 Å².